The number of amides is 2. The van der Waals surface area contributed by atoms with Crippen molar-refractivity contribution in [2.45, 2.75) is 20.3 Å². The van der Waals surface area contributed by atoms with Crippen LogP contribution < -0.4 is 16.7 Å². The van der Waals surface area contributed by atoms with Gasteiger partial charge in [0, 0.05) is 10.3 Å². The number of benzene rings is 1. The fourth-order valence-corrected chi connectivity index (χ4v) is 3.89. The van der Waals surface area contributed by atoms with Crippen LogP contribution in [0.4, 0.5) is 5.00 Å². The van der Waals surface area contributed by atoms with Crippen molar-refractivity contribution in [2.24, 2.45) is 5.73 Å². The van der Waals surface area contributed by atoms with Crippen LogP contribution >= 0.6 is 11.3 Å². The summed E-state index contributed by atoms with van der Waals surface area (Å²) in [6, 6.07) is 8.39. The molecule has 1 aromatic carbocycles. The van der Waals surface area contributed by atoms with Crippen molar-refractivity contribution in [3.8, 4) is 0 Å². The van der Waals surface area contributed by atoms with E-state index in [1.54, 1.807) is 24.3 Å². The molecule has 0 unspecified atom stereocenters. The van der Waals surface area contributed by atoms with Crippen molar-refractivity contribution in [1.29, 1.82) is 0 Å². The Morgan fingerprint density at radius 2 is 2.00 bits per heavy atom. The minimum atomic E-state index is -0.735. The molecule has 128 valence electrons. The molecule has 0 saturated carbocycles. The summed E-state index contributed by atoms with van der Waals surface area (Å²) in [5.74, 6) is -1.24. The first kappa shape index (κ1) is 16.9. The lowest BCUT2D eigenvalue weighted by Crippen LogP contribution is -2.22. The van der Waals surface area contributed by atoms with E-state index in [9.17, 15) is 14.4 Å². The van der Waals surface area contributed by atoms with Gasteiger partial charge in [0.15, 0.2) is 0 Å². The lowest BCUT2D eigenvalue weighted by molar-refractivity contribution is 0.100. The number of carbonyl (C=O) groups is 2. The van der Waals surface area contributed by atoms with E-state index in [0.717, 1.165) is 10.4 Å². The van der Waals surface area contributed by atoms with Gasteiger partial charge in [-0.1, -0.05) is 25.1 Å². The zero-order valence-electron chi connectivity index (χ0n) is 13.7. The zero-order chi connectivity index (χ0) is 18.1. The van der Waals surface area contributed by atoms with Gasteiger partial charge < -0.3 is 15.5 Å². The Balaban J connectivity index is 2.02. The highest BCUT2D eigenvalue weighted by Gasteiger charge is 2.22. The topological polar surface area (TPSA) is 102 Å². The van der Waals surface area contributed by atoms with Crippen molar-refractivity contribution >= 4 is 39.1 Å². The Morgan fingerprint density at radius 3 is 2.68 bits per heavy atom. The molecule has 3 rings (SSSR count). The molecule has 0 aliphatic carbocycles. The summed E-state index contributed by atoms with van der Waals surface area (Å²) in [6.45, 7) is 3.76. The van der Waals surface area contributed by atoms with E-state index in [-0.39, 0.29) is 5.56 Å². The summed E-state index contributed by atoms with van der Waals surface area (Å²) in [7, 11) is 0. The van der Waals surface area contributed by atoms with Crippen LogP contribution in [0.5, 0.6) is 0 Å². The average Bonchev–Trinajstić information content (AvgIpc) is 2.89. The van der Waals surface area contributed by atoms with E-state index in [0.29, 0.717) is 28.0 Å². The van der Waals surface area contributed by atoms with Crippen LogP contribution in [0, 0.1) is 6.92 Å². The van der Waals surface area contributed by atoms with Crippen LogP contribution in [0.3, 0.4) is 0 Å². The van der Waals surface area contributed by atoms with Gasteiger partial charge in [-0.05, 0) is 31.0 Å². The molecule has 2 aromatic heterocycles. The second kappa shape index (κ2) is 6.52. The molecule has 0 saturated heterocycles. The van der Waals surface area contributed by atoms with Crippen LogP contribution in [-0.2, 0) is 6.42 Å². The Hall–Kier alpha value is -2.93. The monoisotopic (exact) mass is 356 g/mol. The van der Waals surface area contributed by atoms with E-state index < -0.39 is 17.4 Å². The number of para-hydroxylation sites is 1. The highest BCUT2D eigenvalue weighted by atomic mass is 32.1. The second-order valence-electron chi connectivity index (χ2n) is 5.50. The Labute approximate surface area is 147 Å². The minimum Gasteiger partial charge on any atom is -0.422 e. The summed E-state index contributed by atoms with van der Waals surface area (Å²) in [4.78, 5) is 37.3. The van der Waals surface area contributed by atoms with Crippen molar-refractivity contribution < 1.29 is 14.0 Å². The molecule has 6 nitrogen and oxygen atoms in total. The number of nitrogens with one attached hydrogen (secondary N) is 1. The maximum Gasteiger partial charge on any atom is 0.349 e. The predicted molar refractivity (Wildman–Crippen MR) is 97.4 cm³/mol. The van der Waals surface area contributed by atoms with Crippen LogP contribution in [0.2, 0.25) is 0 Å². The first-order valence-corrected chi connectivity index (χ1v) is 8.50. The zero-order valence-corrected chi connectivity index (χ0v) is 14.5. The van der Waals surface area contributed by atoms with E-state index >= 15 is 0 Å². The van der Waals surface area contributed by atoms with Gasteiger partial charge in [-0.2, -0.15) is 0 Å². The first-order valence-electron chi connectivity index (χ1n) is 7.68. The molecule has 2 heterocycles. The lowest BCUT2D eigenvalue weighted by Gasteiger charge is -2.06. The summed E-state index contributed by atoms with van der Waals surface area (Å²) in [5.41, 5.74) is 6.10. The molecule has 0 aliphatic rings. The standard InChI is InChI=1S/C18H16N2O4S/c1-3-11-9(2)25-17(14(11)15(19)21)20-16(22)12-8-10-6-4-5-7-13(10)24-18(12)23/h4-8H,3H2,1-2H3,(H2,19,21)(H,20,22). The molecule has 3 aromatic rings. The number of primary amides is 1. The van der Waals surface area contributed by atoms with Gasteiger partial charge in [-0.15, -0.1) is 11.3 Å². The van der Waals surface area contributed by atoms with Gasteiger partial charge in [0.25, 0.3) is 11.8 Å². The van der Waals surface area contributed by atoms with Crippen molar-refractivity contribution in [3.05, 3.63) is 62.3 Å². The summed E-state index contributed by atoms with van der Waals surface area (Å²) < 4.78 is 5.17. The van der Waals surface area contributed by atoms with Crippen molar-refractivity contribution in [3.63, 3.8) is 0 Å². The minimum absolute atomic E-state index is 0.127. The van der Waals surface area contributed by atoms with Crippen molar-refractivity contribution in [2.75, 3.05) is 5.32 Å². The number of hydrogen-bond acceptors (Lipinski definition) is 5. The van der Waals surface area contributed by atoms with Gasteiger partial charge in [-0.3, -0.25) is 9.59 Å². The van der Waals surface area contributed by atoms with E-state index in [1.165, 1.54) is 17.4 Å². The quantitative estimate of drug-likeness (QED) is 0.701. The fourth-order valence-electron chi connectivity index (χ4n) is 2.74. The summed E-state index contributed by atoms with van der Waals surface area (Å²) in [5, 5.41) is 3.61. The number of aryl methyl sites for hydroxylation is 1. The summed E-state index contributed by atoms with van der Waals surface area (Å²) >= 11 is 1.26. The third-order valence-corrected chi connectivity index (χ3v) is 4.98. The molecule has 0 atom stereocenters. The number of fused-ring (bicyclic) bond motifs is 1. The average molecular weight is 356 g/mol. The number of thiophene rings is 1. The van der Waals surface area contributed by atoms with Crippen LogP contribution in [0.25, 0.3) is 11.0 Å². The third kappa shape index (κ3) is 3.06. The number of carbonyl (C=O) groups excluding carboxylic acids is 2. The van der Waals surface area contributed by atoms with E-state index in [1.807, 2.05) is 13.8 Å². The van der Waals surface area contributed by atoms with E-state index in [4.69, 9.17) is 10.2 Å². The molecule has 0 aliphatic heterocycles. The van der Waals surface area contributed by atoms with Gasteiger partial charge in [0.2, 0.25) is 0 Å². The number of hydrogen-bond donors (Lipinski definition) is 2. The Morgan fingerprint density at radius 1 is 1.28 bits per heavy atom. The maximum absolute atomic E-state index is 12.5. The van der Waals surface area contributed by atoms with Crippen molar-refractivity contribution in [1.82, 2.24) is 0 Å². The summed E-state index contributed by atoms with van der Waals surface area (Å²) in [6.07, 6.45) is 0.620. The maximum atomic E-state index is 12.5. The number of rotatable bonds is 4. The molecular formula is C18H16N2O4S. The van der Waals surface area contributed by atoms with Crippen LogP contribution in [-0.4, -0.2) is 11.8 Å². The van der Waals surface area contributed by atoms with Crippen LogP contribution in [0.15, 0.2) is 39.5 Å². The number of nitrogens with two attached hydrogens (primary N) is 1. The largest absolute Gasteiger partial charge is 0.422 e. The SMILES string of the molecule is CCc1c(C)sc(NC(=O)c2cc3ccccc3oc2=O)c1C(N)=O. The fraction of sp³-hybridized carbons (Fsp3) is 0.167. The molecule has 2 amide bonds. The van der Waals surface area contributed by atoms with Gasteiger partial charge in [-0.25, -0.2) is 4.79 Å². The second-order valence-corrected chi connectivity index (χ2v) is 6.72. The lowest BCUT2D eigenvalue weighted by atomic mass is 10.1. The van der Waals surface area contributed by atoms with Gasteiger partial charge >= 0.3 is 5.63 Å². The first-order chi connectivity index (χ1) is 11.9. The molecule has 0 spiro atoms. The molecule has 3 N–H and O–H groups in total. The Bertz CT molecular complexity index is 1050. The molecule has 25 heavy (non-hydrogen) atoms. The Kier molecular flexibility index (Phi) is 4.41. The highest BCUT2D eigenvalue weighted by molar-refractivity contribution is 7.16. The van der Waals surface area contributed by atoms with Gasteiger partial charge in [0.1, 0.15) is 16.1 Å². The smallest absolute Gasteiger partial charge is 0.349 e. The van der Waals surface area contributed by atoms with Gasteiger partial charge in [0.05, 0.1) is 5.56 Å². The van der Waals surface area contributed by atoms with E-state index in [2.05, 4.69) is 5.32 Å². The number of anilines is 1. The molecule has 0 bridgehead atoms. The normalized spacial score (nSPS) is 10.8. The molecular weight excluding hydrogens is 340 g/mol. The third-order valence-electron chi connectivity index (χ3n) is 3.92. The molecule has 0 fully saturated rings. The predicted octanol–water partition coefficient (Wildman–Crippen LogP) is 3.08. The molecule has 0 radical (unpaired) electrons. The molecule has 7 heteroatoms. The van der Waals surface area contributed by atoms with Crippen LogP contribution in [0.1, 0.15) is 38.1 Å². The highest BCUT2D eigenvalue weighted by Crippen LogP contribution is 2.33.